The Morgan fingerprint density at radius 3 is 2.85 bits per heavy atom. The van der Waals surface area contributed by atoms with Crippen molar-refractivity contribution in [1.29, 1.82) is 0 Å². The van der Waals surface area contributed by atoms with E-state index in [1.165, 1.54) is 12.1 Å². The van der Waals surface area contributed by atoms with Crippen molar-refractivity contribution in [2.45, 2.75) is 31.5 Å². The fourth-order valence-corrected chi connectivity index (χ4v) is 3.74. The number of carbonyl (C=O) groups is 1. The fourth-order valence-electron chi connectivity index (χ4n) is 3.57. The van der Waals surface area contributed by atoms with Crippen LogP contribution in [0, 0.1) is 0 Å². The largest absolute Gasteiger partial charge is 0.507 e. The van der Waals surface area contributed by atoms with Gasteiger partial charge in [0.05, 0.1) is 17.2 Å². The van der Waals surface area contributed by atoms with Crippen molar-refractivity contribution in [3.05, 3.63) is 28.4 Å². The minimum atomic E-state index is -0.495. The predicted molar refractivity (Wildman–Crippen MR) is 93.9 cm³/mol. The maximum absolute atomic E-state index is 12.7. The molecule has 3 heterocycles. The van der Waals surface area contributed by atoms with E-state index in [1.807, 2.05) is 0 Å². The number of halogens is 1. The number of phenols is 2. The predicted octanol–water partition coefficient (Wildman–Crippen LogP) is 0.749. The van der Waals surface area contributed by atoms with Gasteiger partial charge in [0, 0.05) is 48.9 Å². The third-order valence-corrected chi connectivity index (χ3v) is 5.27. The van der Waals surface area contributed by atoms with Crippen molar-refractivity contribution >= 4 is 17.5 Å². The Morgan fingerprint density at radius 1 is 1.31 bits per heavy atom. The van der Waals surface area contributed by atoms with Gasteiger partial charge in [-0.05, 0) is 12.5 Å². The van der Waals surface area contributed by atoms with E-state index in [2.05, 4.69) is 15.5 Å². The zero-order valence-electron chi connectivity index (χ0n) is 13.9. The summed E-state index contributed by atoms with van der Waals surface area (Å²) < 4.78 is 0. The Labute approximate surface area is 154 Å². The number of H-pyrrole nitrogens is 1. The van der Waals surface area contributed by atoms with Gasteiger partial charge in [0.1, 0.15) is 17.2 Å². The molecule has 0 radical (unpaired) electrons. The van der Waals surface area contributed by atoms with Gasteiger partial charge < -0.3 is 25.5 Å². The summed E-state index contributed by atoms with van der Waals surface area (Å²) in [7, 11) is 0. The first-order valence-corrected chi connectivity index (χ1v) is 8.80. The summed E-state index contributed by atoms with van der Waals surface area (Å²) in [4.78, 5) is 14.4. The number of aliphatic hydroxyl groups is 1. The maximum atomic E-state index is 12.7. The number of hydrogen-bond acceptors (Lipinski definition) is 6. The van der Waals surface area contributed by atoms with Gasteiger partial charge in [0.15, 0.2) is 0 Å². The summed E-state index contributed by atoms with van der Waals surface area (Å²) >= 11 is 5.97. The molecular weight excluding hydrogens is 360 g/mol. The lowest BCUT2D eigenvalue weighted by Crippen LogP contribution is -2.45. The van der Waals surface area contributed by atoms with Crippen molar-refractivity contribution in [2.75, 3.05) is 13.1 Å². The molecule has 2 aliphatic rings. The number of aromatic nitrogens is 2. The number of carbonyl (C=O) groups excluding carboxylic acids is 1. The van der Waals surface area contributed by atoms with E-state index in [4.69, 9.17) is 11.6 Å². The summed E-state index contributed by atoms with van der Waals surface area (Å²) in [5, 5.41) is 39.8. The quantitative estimate of drug-likeness (QED) is 0.525. The van der Waals surface area contributed by atoms with Crippen LogP contribution in [0.25, 0.3) is 11.3 Å². The summed E-state index contributed by atoms with van der Waals surface area (Å²) in [6.07, 6.45) is 0.537. The highest BCUT2D eigenvalue weighted by molar-refractivity contribution is 6.32. The van der Waals surface area contributed by atoms with E-state index in [1.54, 1.807) is 4.90 Å². The average molecular weight is 379 g/mol. The molecule has 5 N–H and O–H groups in total. The van der Waals surface area contributed by atoms with Crippen molar-refractivity contribution < 1.29 is 20.1 Å². The molecule has 1 saturated heterocycles. The van der Waals surface area contributed by atoms with Crippen LogP contribution in [0.1, 0.15) is 17.7 Å². The van der Waals surface area contributed by atoms with Gasteiger partial charge in [-0.15, -0.1) is 0 Å². The molecule has 2 aliphatic heterocycles. The molecule has 1 aromatic carbocycles. The van der Waals surface area contributed by atoms with Crippen LogP contribution in [0.15, 0.2) is 12.1 Å². The van der Waals surface area contributed by atoms with E-state index < -0.39 is 6.10 Å². The monoisotopic (exact) mass is 378 g/mol. The first-order chi connectivity index (χ1) is 12.4. The number of aromatic hydroxyl groups is 2. The summed E-state index contributed by atoms with van der Waals surface area (Å²) in [6.45, 7) is 1.34. The number of amides is 1. The van der Waals surface area contributed by atoms with Gasteiger partial charge in [-0.3, -0.25) is 9.89 Å². The third-order valence-electron chi connectivity index (χ3n) is 4.97. The molecule has 0 saturated carbocycles. The summed E-state index contributed by atoms with van der Waals surface area (Å²) in [6, 6.07) is 2.26. The second-order valence-electron chi connectivity index (χ2n) is 6.71. The summed E-state index contributed by atoms with van der Waals surface area (Å²) in [5.41, 5.74) is 2.64. The smallest absolute Gasteiger partial charge is 0.240 e. The number of benzene rings is 1. The number of fused-ring (bicyclic) bond motifs is 1. The molecule has 1 fully saturated rings. The normalized spacial score (nSPS) is 22.5. The maximum Gasteiger partial charge on any atom is 0.240 e. The van der Waals surface area contributed by atoms with Crippen molar-refractivity contribution in [3.8, 4) is 22.8 Å². The van der Waals surface area contributed by atoms with Crippen LogP contribution < -0.4 is 5.32 Å². The Balaban J connectivity index is 1.63. The molecule has 0 spiro atoms. The number of β-amino-alcohol motifs (C(OH)–C–C–N with tert-alkyl or cyclic N) is 1. The minimum absolute atomic E-state index is 0.0488. The molecule has 1 amide bonds. The van der Waals surface area contributed by atoms with Gasteiger partial charge in [0.25, 0.3) is 0 Å². The second kappa shape index (κ2) is 6.46. The van der Waals surface area contributed by atoms with Crippen LogP contribution in [0.3, 0.4) is 0 Å². The molecule has 1 aromatic heterocycles. The van der Waals surface area contributed by atoms with Crippen LogP contribution in [-0.4, -0.2) is 61.6 Å². The average Bonchev–Trinajstić information content (AvgIpc) is 3.23. The molecule has 0 aliphatic carbocycles. The fraction of sp³-hybridized carbons (Fsp3) is 0.412. The molecule has 0 bridgehead atoms. The number of aliphatic hydroxyl groups excluding tert-OH is 1. The van der Waals surface area contributed by atoms with Crippen LogP contribution >= 0.6 is 11.6 Å². The van der Waals surface area contributed by atoms with E-state index in [-0.39, 0.29) is 28.5 Å². The van der Waals surface area contributed by atoms with E-state index in [0.717, 1.165) is 11.3 Å². The van der Waals surface area contributed by atoms with Crippen LogP contribution in [-0.2, 0) is 17.8 Å². The molecule has 2 aromatic rings. The van der Waals surface area contributed by atoms with Gasteiger partial charge in [-0.2, -0.15) is 5.10 Å². The molecule has 8 nitrogen and oxygen atoms in total. The van der Waals surface area contributed by atoms with Crippen molar-refractivity contribution in [3.63, 3.8) is 0 Å². The first kappa shape index (κ1) is 17.1. The van der Waals surface area contributed by atoms with Crippen LogP contribution in [0.4, 0.5) is 0 Å². The molecule has 0 unspecified atom stereocenters. The highest BCUT2D eigenvalue weighted by Crippen LogP contribution is 2.39. The SMILES string of the molecule is O=C([C@@H]1C[C@@H](O)CN1)N1CCc2[nH]nc(-c3cc(Cl)c(O)cc3O)c2C1. The molecular formula is C17H19ClN4O4. The number of hydrogen-bond donors (Lipinski definition) is 5. The molecule has 138 valence electrons. The second-order valence-corrected chi connectivity index (χ2v) is 7.12. The Bertz CT molecular complexity index is 869. The lowest BCUT2D eigenvalue weighted by atomic mass is 9.99. The number of phenolic OH excluding ortho intramolecular Hbond substituents is 2. The zero-order chi connectivity index (χ0) is 18.4. The van der Waals surface area contributed by atoms with Gasteiger partial charge in [-0.25, -0.2) is 0 Å². The lowest BCUT2D eigenvalue weighted by molar-refractivity contribution is -0.134. The van der Waals surface area contributed by atoms with Crippen LogP contribution in [0.5, 0.6) is 11.5 Å². The van der Waals surface area contributed by atoms with Crippen molar-refractivity contribution in [2.24, 2.45) is 0 Å². The van der Waals surface area contributed by atoms with E-state index >= 15 is 0 Å². The van der Waals surface area contributed by atoms with E-state index in [9.17, 15) is 20.1 Å². The lowest BCUT2D eigenvalue weighted by Gasteiger charge is -2.29. The summed E-state index contributed by atoms with van der Waals surface area (Å²) in [5.74, 6) is -0.391. The first-order valence-electron chi connectivity index (χ1n) is 8.42. The van der Waals surface area contributed by atoms with E-state index in [0.29, 0.717) is 43.7 Å². The highest BCUT2D eigenvalue weighted by Gasteiger charge is 2.34. The Morgan fingerprint density at radius 2 is 2.12 bits per heavy atom. The Kier molecular flexibility index (Phi) is 4.26. The Hall–Kier alpha value is -2.29. The topological polar surface area (TPSA) is 122 Å². The number of nitrogens with zero attached hydrogens (tertiary/aromatic N) is 2. The van der Waals surface area contributed by atoms with Crippen molar-refractivity contribution in [1.82, 2.24) is 20.4 Å². The number of rotatable bonds is 2. The van der Waals surface area contributed by atoms with Gasteiger partial charge in [-0.1, -0.05) is 11.6 Å². The standard InChI is InChI=1S/C17H19ClN4O4/c18-11-4-9(14(24)5-15(11)25)16-10-7-22(2-1-12(10)20-21-16)17(26)13-3-8(23)6-19-13/h4-5,8,13,19,23-25H,1-3,6-7H2,(H,20,21)/t8-,13+/m1/s1. The number of nitrogens with one attached hydrogen (secondary N) is 2. The number of aromatic amines is 1. The van der Waals surface area contributed by atoms with Gasteiger partial charge in [0.2, 0.25) is 5.91 Å². The molecule has 9 heteroatoms. The third kappa shape index (κ3) is 2.90. The molecule has 26 heavy (non-hydrogen) atoms. The van der Waals surface area contributed by atoms with Gasteiger partial charge >= 0.3 is 0 Å². The zero-order valence-corrected chi connectivity index (χ0v) is 14.6. The molecule has 4 rings (SSSR count). The minimum Gasteiger partial charge on any atom is -0.507 e. The van der Waals surface area contributed by atoms with Crippen LogP contribution in [0.2, 0.25) is 5.02 Å². The highest BCUT2D eigenvalue weighted by atomic mass is 35.5. The molecule has 2 atom stereocenters.